The lowest BCUT2D eigenvalue weighted by Gasteiger charge is -2.24. The van der Waals surface area contributed by atoms with E-state index in [-0.39, 0.29) is 0 Å². The van der Waals surface area contributed by atoms with Crippen molar-refractivity contribution in [3.05, 3.63) is 0 Å². The lowest BCUT2D eigenvalue weighted by atomic mass is 9.85. The smallest absolute Gasteiger partial charge is 0.385 e. The van der Waals surface area contributed by atoms with Crippen LogP contribution in [0.2, 0.25) is 0 Å². The molecule has 1 atom stereocenters. The molecular formula is C9H15F3O2. The molecule has 0 aliphatic rings. The van der Waals surface area contributed by atoms with E-state index in [4.69, 9.17) is 0 Å². The zero-order valence-electron chi connectivity index (χ0n) is 8.48. The molecule has 0 aliphatic carbocycles. The van der Waals surface area contributed by atoms with Gasteiger partial charge in [-0.05, 0) is 5.41 Å². The van der Waals surface area contributed by atoms with Crippen molar-refractivity contribution in [1.82, 2.24) is 0 Å². The Balaban J connectivity index is 4.11. The second-order valence-corrected chi connectivity index (χ2v) is 4.35. The Morgan fingerprint density at radius 1 is 1.29 bits per heavy atom. The standard InChI is InChI=1S/C9H15F3O2/c1-8(2,3)7(14)6(13)4-5-9(10,11)12/h7,14H,4-5H2,1-3H3. The monoisotopic (exact) mass is 212 g/mol. The van der Waals surface area contributed by atoms with Crippen molar-refractivity contribution >= 4 is 5.78 Å². The molecule has 0 fully saturated rings. The van der Waals surface area contributed by atoms with Crippen LogP contribution in [0.1, 0.15) is 33.6 Å². The fourth-order valence-electron chi connectivity index (χ4n) is 0.885. The molecule has 14 heavy (non-hydrogen) atoms. The summed E-state index contributed by atoms with van der Waals surface area (Å²) in [5, 5.41) is 9.33. The molecule has 84 valence electrons. The highest BCUT2D eigenvalue weighted by molar-refractivity contribution is 5.83. The molecule has 0 saturated heterocycles. The molecule has 0 bridgehead atoms. The van der Waals surface area contributed by atoms with Gasteiger partial charge in [-0.2, -0.15) is 13.2 Å². The molecule has 0 radical (unpaired) electrons. The summed E-state index contributed by atoms with van der Waals surface area (Å²) in [5.41, 5.74) is -0.706. The largest absolute Gasteiger partial charge is 0.389 e. The maximum Gasteiger partial charge on any atom is 0.389 e. The second kappa shape index (κ2) is 4.29. The van der Waals surface area contributed by atoms with Crippen LogP contribution in [-0.4, -0.2) is 23.2 Å². The quantitative estimate of drug-likeness (QED) is 0.779. The third-order valence-corrected chi connectivity index (χ3v) is 1.78. The Labute approximate surface area is 81.1 Å². The normalized spacial score (nSPS) is 15.4. The first-order valence-corrected chi connectivity index (χ1v) is 4.31. The van der Waals surface area contributed by atoms with Crippen LogP contribution in [0.25, 0.3) is 0 Å². The van der Waals surface area contributed by atoms with E-state index in [1.54, 1.807) is 20.8 Å². The van der Waals surface area contributed by atoms with Crippen molar-refractivity contribution in [3.8, 4) is 0 Å². The molecule has 0 aromatic carbocycles. The van der Waals surface area contributed by atoms with Gasteiger partial charge >= 0.3 is 6.18 Å². The first-order valence-electron chi connectivity index (χ1n) is 4.31. The van der Waals surface area contributed by atoms with Crippen molar-refractivity contribution in [3.63, 3.8) is 0 Å². The first-order chi connectivity index (χ1) is 6.04. The third kappa shape index (κ3) is 5.21. The van der Waals surface area contributed by atoms with Gasteiger partial charge in [0.1, 0.15) is 6.10 Å². The topological polar surface area (TPSA) is 37.3 Å². The molecule has 0 aromatic heterocycles. The average Bonchev–Trinajstić information content (AvgIpc) is 1.95. The highest BCUT2D eigenvalue weighted by atomic mass is 19.4. The zero-order chi connectivity index (χ0) is 11.6. The summed E-state index contributed by atoms with van der Waals surface area (Å²) in [7, 11) is 0. The van der Waals surface area contributed by atoms with Gasteiger partial charge in [0.05, 0.1) is 6.42 Å². The molecule has 0 aliphatic heterocycles. The summed E-state index contributed by atoms with van der Waals surface area (Å²) in [5.74, 6) is -0.755. The third-order valence-electron chi connectivity index (χ3n) is 1.78. The van der Waals surface area contributed by atoms with E-state index in [9.17, 15) is 23.1 Å². The number of hydrogen-bond donors (Lipinski definition) is 1. The van der Waals surface area contributed by atoms with Crippen molar-refractivity contribution in [2.75, 3.05) is 0 Å². The van der Waals surface area contributed by atoms with Crippen LogP contribution < -0.4 is 0 Å². The molecule has 0 spiro atoms. The van der Waals surface area contributed by atoms with Crippen LogP contribution in [-0.2, 0) is 4.79 Å². The highest BCUT2D eigenvalue weighted by Crippen LogP contribution is 2.25. The summed E-state index contributed by atoms with van der Waals surface area (Å²) in [6, 6.07) is 0. The summed E-state index contributed by atoms with van der Waals surface area (Å²) >= 11 is 0. The number of ketones is 1. The molecule has 0 heterocycles. The number of alkyl halides is 3. The number of Topliss-reactive ketones (excluding diaryl/α,β-unsaturated/α-hetero) is 1. The molecule has 5 heteroatoms. The van der Waals surface area contributed by atoms with Crippen molar-refractivity contribution in [2.24, 2.45) is 5.41 Å². The number of aliphatic hydroxyl groups excluding tert-OH is 1. The fraction of sp³-hybridized carbons (Fsp3) is 0.889. The average molecular weight is 212 g/mol. The van der Waals surface area contributed by atoms with Crippen LogP contribution in [0.4, 0.5) is 13.2 Å². The van der Waals surface area contributed by atoms with Crippen LogP contribution in [0.5, 0.6) is 0 Å². The van der Waals surface area contributed by atoms with E-state index < -0.39 is 36.3 Å². The number of carbonyl (C=O) groups is 1. The van der Waals surface area contributed by atoms with Crippen LogP contribution in [0, 0.1) is 5.41 Å². The number of rotatable bonds is 3. The molecule has 0 saturated carbocycles. The van der Waals surface area contributed by atoms with E-state index in [2.05, 4.69) is 0 Å². The minimum Gasteiger partial charge on any atom is -0.385 e. The Hall–Kier alpha value is -0.580. The predicted molar refractivity (Wildman–Crippen MR) is 45.8 cm³/mol. The molecule has 0 rings (SSSR count). The summed E-state index contributed by atoms with van der Waals surface area (Å²) in [6.07, 6.45) is -7.49. The molecule has 0 amide bonds. The zero-order valence-corrected chi connectivity index (χ0v) is 8.48. The maximum atomic E-state index is 11.7. The summed E-state index contributed by atoms with van der Waals surface area (Å²) < 4.78 is 35.2. The highest BCUT2D eigenvalue weighted by Gasteiger charge is 2.33. The summed E-state index contributed by atoms with van der Waals surface area (Å²) in [4.78, 5) is 11.1. The van der Waals surface area contributed by atoms with Gasteiger partial charge < -0.3 is 5.11 Å². The van der Waals surface area contributed by atoms with E-state index in [1.165, 1.54) is 0 Å². The number of carbonyl (C=O) groups excluding carboxylic acids is 1. The Morgan fingerprint density at radius 3 is 2.00 bits per heavy atom. The summed E-state index contributed by atoms with van der Waals surface area (Å²) in [6.45, 7) is 4.80. The Bertz CT molecular complexity index is 203. The molecule has 1 N–H and O–H groups in total. The predicted octanol–water partition coefficient (Wildman–Crippen LogP) is 2.31. The van der Waals surface area contributed by atoms with Gasteiger partial charge in [-0.15, -0.1) is 0 Å². The van der Waals surface area contributed by atoms with E-state index in [1.807, 2.05) is 0 Å². The van der Waals surface area contributed by atoms with Crippen LogP contribution in [0.3, 0.4) is 0 Å². The van der Waals surface area contributed by atoms with Crippen LogP contribution in [0.15, 0.2) is 0 Å². The molecular weight excluding hydrogens is 197 g/mol. The van der Waals surface area contributed by atoms with E-state index >= 15 is 0 Å². The van der Waals surface area contributed by atoms with Crippen molar-refractivity contribution in [1.29, 1.82) is 0 Å². The lowest BCUT2D eigenvalue weighted by Crippen LogP contribution is -2.34. The van der Waals surface area contributed by atoms with Gasteiger partial charge in [-0.1, -0.05) is 20.8 Å². The van der Waals surface area contributed by atoms with E-state index in [0.717, 1.165) is 0 Å². The van der Waals surface area contributed by atoms with Crippen molar-refractivity contribution < 1.29 is 23.1 Å². The van der Waals surface area contributed by atoms with Gasteiger partial charge in [-0.25, -0.2) is 0 Å². The molecule has 0 aromatic rings. The van der Waals surface area contributed by atoms with Gasteiger partial charge in [0.25, 0.3) is 0 Å². The Kier molecular flexibility index (Phi) is 4.12. The molecule has 1 unspecified atom stereocenters. The van der Waals surface area contributed by atoms with Gasteiger partial charge in [0.2, 0.25) is 0 Å². The van der Waals surface area contributed by atoms with E-state index in [0.29, 0.717) is 0 Å². The maximum absolute atomic E-state index is 11.7. The Morgan fingerprint density at radius 2 is 1.71 bits per heavy atom. The van der Waals surface area contributed by atoms with Gasteiger partial charge in [-0.3, -0.25) is 4.79 Å². The van der Waals surface area contributed by atoms with Gasteiger partial charge in [0, 0.05) is 6.42 Å². The van der Waals surface area contributed by atoms with Crippen LogP contribution >= 0.6 is 0 Å². The first kappa shape index (κ1) is 13.4. The van der Waals surface area contributed by atoms with Crippen molar-refractivity contribution in [2.45, 2.75) is 45.9 Å². The number of hydrogen-bond acceptors (Lipinski definition) is 2. The number of aliphatic hydroxyl groups is 1. The number of halogens is 3. The van der Waals surface area contributed by atoms with Gasteiger partial charge in [0.15, 0.2) is 5.78 Å². The SMILES string of the molecule is CC(C)(C)C(O)C(=O)CCC(F)(F)F. The minimum absolute atomic E-state index is 0.651. The fourth-order valence-corrected chi connectivity index (χ4v) is 0.885. The second-order valence-electron chi connectivity index (χ2n) is 4.35. The lowest BCUT2D eigenvalue weighted by molar-refractivity contribution is -0.149. The molecule has 2 nitrogen and oxygen atoms in total. The minimum atomic E-state index is -4.34.